The number of hydrogen-bond donors (Lipinski definition) is 0. The summed E-state index contributed by atoms with van der Waals surface area (Å²) in [5.41, 5.74) is 2.71. The minimum absolute atomic E-state index is 0.180. The zero-order valence-electron chi connectivity index (χ0n) is 15.0. The third-order valence-electron chi connectivity index (χ3n) is 3.98. The van der Waals surface area contributed by atoms with Gasteiger partial charge in [0.2, 0.25) is 0 Å². The Bertz CT molecular complexity index is 650. The molecule has 1 aromatic rings. The highest BCUT2D eigenvalue weighted by Crippen LogP contribution is 2.36. The summed E-state index contributed by atoms with van der Waals surface area (Å²) in [7, 11) is 0. The number of allylic oxidation sites excluding steroid dienone is 2. The first kappa shape index (κ1) is 18.2. The third-order valence-corrected chi connectivity index (χ3v) is 3.98. The highest BCUT2D eigenvalue weighted by atomic mass is 16.5. The Morgan fingerprint density at radius 1 is 1.21 bits per heavy atom. The first-order valence-corrected chi connectivity index (χ1v) is 8.52. The second-order valence-corrected chi connectivity index (χ2v) is 6.99. The van der Waals surface area contributed by atoms with E-state index in [0.29, 0.717) is 25.2 Å². The van der Waals surface area contributed by atoms with Crippen molar-refractivity contribution in [2.75, 3.05) is 6.61 Å². The summed E-state index contributed by atoms with van der Waals surface area (Å²) in [4.78, 5) is 23.8. The van der Waals surface area contributed by atoms with E-state index in [4.69, 9.17) is 9.47 Å². The number of fused-ring (bicyclic) bond motifs is 1. The zero-order chi connectivity index (χ0) is 17.7. The van der Waals surface area contributed by atoms with Crippen LogP contribution < -0.4 is 4.74 Å². The van der Waals surface area contributed by atoms with Gasteiger partial charge in [-0.2, -0.15) is 0 Å². The Morgan fingerprint density at radius 3 is 2.62 bits per heavy atom. The van der Waals surface area contributed by atoms with Crippen molar-refractivity contribution >= 4 is 17.5 Å². The van der Waals surface area contributed by atoms with Gasteiger partial charge < -0.3 is 9.47 Å². The number of carbonyl (C=O) groups is 2. The van der Waals surface area contributed by atoms with Crippen LogP contribution in [-0.2, 0) is 20.7 Å². The van der Waals surface area contributed by atoms with Crippen molar-refractivity contribution in [3.63, 3.8) is 0 Å². The molecular weight excluding hydrogens is 304 g/mol. The van der Waals surface area contributed by atoms with E-state index in [1.165, 1.54) is 0 Å². The van der Waals surface area contributed by atoms with Gasteiger partial charge in [0.25, 0.3) is 0 Å². The Balaban J connectivity index is 2.18. The minimum atomic E-state index is -0.542. The van der Waals surface area contributed by atoms with E-state index in [-0.39, 0.29) is 11.9 Å². The summed E-state index contributed by atoms with van der Waals surface area (Å²) in [6.45, 7) is 7.74. The van der Waals surface area contributed by atoms with Crippen molar-refractivity contribution < 1.29 is 19.1 Å². The molecule has 0 bridgehead atoms. The molecule has 1 aromatic carbocycles. The van der Waals surface area contributed by atoms with Crippen LogP contribution in [0.5, 0.6) is 5.75 Å². The van der Waals surface area contributed by atoms with E-state index in [0.717, 1.165) is 29.5 Å². The fourth-order valence-corrected chi connectivity index (χ4v) is 2.68. The second-order valence-electron chi connectivity index (χ2n) is 6.99. The first-order valence-electron chi connectivity index (χ1n) is 8.52. The fraction of sp³-hybridized carbons (Fsp3) is 0.500. The van der Waals surface area contributed by atoms with Crippen LogP contribution in [0.1, 0.15) is 58.1 Å². The van der Waals surface area contributed by atoms with Crippen LogP contribution in [0.4, 0.5) is 0 Å². The predicted molar refractivity (Wildman–Crippen MR) is 93.7 cm³/mol. The minimum Gasteiger partial charge on any atom is -0.466 e. The van der Waals surface area contributed by atoms with Crippen molar-refractivity contribution in [3.8, 4) is 5.75 Å². The van der Waals surface area contributed by atoms with Gasteiger partial charge in [-0.15, -0.1) is 0 Å². The summed E-state index contributed by atoms with van der Waals surface area (Å²) in [6.07, 6.45) is 4.89. The van der Waals surface area contributed by atoms with Crippen LogP contribution in [0.25, 0.3) is 5.57 Å². The average molecular weight is 330 g/mol. The van der Waals surface area contributed by atoms with Crippen LogP contribution in [0, 0.1) is 5.41 Å². The predicted octanol–water partition coefficient (Wildman–Crippen LogP) is 4.31. The van der Waals surface area contributed by atoms with Crippen LogP contribution in [0.15, 0.2) is 24.3 Å². The Hall–Kier alpha value is -2.10. The Kier molecular flexibility index (Phi) is 5.81. The van der Waals surface area contributed by atoms with E-state index < -0.39 is 5.41 Å². The molecule has 1 aliphatic rings. The number of rotatable bonds is 5. The monoisotopic (exact) mass is 330 g/mol. The summed E-state index contributed by atoms with van der Waals surface area (Å²) >= 11 is 0. The van der Waals surface area contributed by atoms with E-state index >= 15 is 0 Å². The maximum Gasteiger partial charge on any atom is 0.316 e. The lowest BCUT2D eigenvalue weighted by atomic mass is 9.88. The molecule has 0 atom stereocenters. The molecule has 0 aliphatic heterocycles. The molecule has 4 heteroatoms. The maximum atomic E-state index is 12.2. The van der Waals surface area contributed by atoms with Crippen molar-refractivity contribution in [3.05, 3.63) is 35.4 Å². The smallest absolute Gasteiger partial charge is 0.316 e. The average Bonchev–Trinajstić information content (AvgIpc) is 2.52. The second kappa shape index (κ2) is 7.65. The molecule has 0 unspecified atom stereocenters. The van der Waals surface area contributed by atoms with Gasteiger partial charge in [0, 0.05) is 12.0 Å². The summed E-state index contributed by atoms with van der Waals surface area (Å²) in [5, 5.41) is 0. The molecule has 1 aliphatic carbocycles. The lowest BCUT2D eigenvalue weighted by Gasteiger charge is -2.22. The van der Waals surface area contributed by atoms with E-state index in [2.05, 4.69) is 6.08 Å². The van der Waals surface area contributed by atoms with Crippen LogP contribution in [0.2, 0.25) is 0 Å². The molecule has 2 rings (SSSR count). The molecule has 0 amide bonds. The molecule has 0 heterocycles. The van der Waals surface area contributed by atoms with Crippen LogP contribution in [0.3, 0.4) is 0 Å². The lowest BCUT2D eigenvalue weighted by Crippen LogP contribution is -2.26. The fourth-order valence-electron chi connectivity index (χ4n) is 2.68. The zero-order valence-corrected chi connectivity index (χ0v) is 15.0. The van der Waals surface area contributed by atoms with E-state index in [9.17, 15) is 9.59 Å². The third kappa shape index (κ3) is 4.47. The van der Waals surface area contributed by atoms with Crippen LogP contribution in [-0.4, -0.2) is 18.5 Å². The molecule has 0 fully saturated rings. The summed E-state index contributed by atoms with van der Waals surface area (Å²) < 4.78 is 10.6. The first-order chi connectivity index (χ1) is 11.3. The van der Waals surface area contributed by atoms with Gasteiger partial charge in [-0.25, -0.2) is 0 Å². The van der Waals surface area contributed by atoms with E-state index in [1.54, 1.807) is 0 Å². The van der Waals surface area contributed by atoms with Gasteiger partial charge in [0.05, 0.1) is 12.0 Å². The highest BCUT2D eigenvalue weighted by molar-refractivity contribution is 5.80. The summed E-state index contributed by atoms with van der Waals surface area (Å²) in [6, 6.07) is 5.77. The van der Waals surface area contributed by atoms with Gasteiger partial charge in [0.15, 0.2) is 0 Å². The Labute approximate surface area is 143 Å². The molecule has 0 saturated carbocycles. The number of carbonyl (C=O) groups excluding carboxylic acids is 2. The SMILES string of the molecule is CCOC(=O)CCC1=CCCc2c(OC(=O)C(C)(C)C)cccc21. The molecule has 4 nitrogen and oxygen atoms in total. The largest absolute Gasteiger partial charge is 0.466 e. The highest BCUT2D eigenvalue weighted by Gasteiger charge is 2.26. The van der Waals surface area contributed by atoms with E-state index in [1.807, 2.05) is 45.9 Å². The number of esters is 2. The normalized spacial score (nSPS) is 13.8. The molecule has 0 radical (unpaired) electrons. The summed E-state index contributed by atoms with van der Waals surface area (Å²) in [5.74, 6) is 0.216. The number of ether oxygens (including phenoxy) is 2. The molecule has 0 N–H and O–H groups in total. The standard InChI is InChI=1S/C20H26O4/c1-5-23-18(21)13-12-14-8-6-10-16-15(14)9-7-11-17(16)24-19(22)20(2,3)4/h7-9,11H,5-6,10,12-13H2,1-4H3. The van der Waals surface area contributed by atoms with Crippen molar-refractivity contribution in [2.45, 2.75) is 53.4 Å². The Morgan fingerprint density at radius 2 is 1.96 bits per heavy atom. The topological polar surface area (TPSA) is 52.6 Å². The lowest BCUT2D eigenvalue weighted by molar-refractivity contribution is -0.143. The quantitative estimate of drug-likeness (QED) is 0.596. The van der Waals surface area contributed by atoms with Crippen LogP contribution >= 0.6 is 0 Å². The van der Waals surface area contributed by atoms with Gasteiger partial charge >= 0.3 is 11.9 Å². The maximum absolute atomic E-state index is 12.2. The molecule has 0 spiro atoms. The number of hydrogen-bond acceptors (Lipinski definition) is 4. The van der Waals surface area contributed by atoms with Gasteiger partial charge in [-0.3, -0.25) is 9.59 Å². The van der Waals surface area contributed by atoms with Gasteiger partial charge in [-0.05, 0) is 64.2 Å². The van der Waals surface area contributed by atoms with Gasteiger partial charge in [-0.1, -0.05) is 18.2 Å². The van der Waals surface area contributed by atoms with Gasteiger partial charge in [0.1, 0.15) is 5.75 Å². The molecule has 24 heavy (non-hydrogen) atoms. The number of benzene rings is 1. The molecular formula is C20H26O4. The van der Waals surface area contributed by atoms with Crippen molar-refractivity contribution in [1.82, 2.24) is 0 Å². The van der Waals surface area contributed by atoms with Crippen molar-refractivity contribution in [1.29, 1.82) is 0 Å². The van der Waals surface area contributed by atoms with Crippen molar-refractivity contribution in [2.24, 2.45) is 5.41 Å². The molecule has 0 saturated heterocycles. The molecule has 130 valence electrons. The molecule has 0 aromatic heterocycles.